The lowest BCUT2D eigenvalue weighted by Gasteiger charge is -2.11. The van der Waals surface area contributed by atoms with E-state index in [1.807, 2.05) is 0 Å². The molecule has 0 aromatic heterocycles. The van der Waals surface area contributed by atoms with Gasteiger partial charge in [-0.2, -0.15) is 13.2 Å². The van der Waals surface area contributed by atoms with E-state index in [9.17, 15) is 17.6 Å². The minimum atomic E-state index is -4.39. The van der Waals surface area contributed by atoms with Crippen molar-refractivity contribution >= 4 is 5.69 Å². The molecule has 2 nitrogen and oxygen atoms in total. The lowest BCUT2D eigenvalue weighted by Crippen LogP contribution is -2.07. The van der Waals surface area contributed by atoms with Crippen molar-refractivity contribution in [2.75, 3.05) is 12.4 Å². The van der Waals surface area contributed by atoms with Gasteiger partial charge in [0.15, 0.2) is 0 Å². The lowest BCUT2D eigenvalue weighted by molar-refractivity contribution is -0.137. The largest absolute Gasteiger partial charge is 0.497 e. The SMILES string of the molecule is COc1ccc(F)c(NCc2cccc(C(F)(F)F)c2)c1. The molecule has 0 heterocycles. The first kappa shape index (κ1) is 15.2. The van der Waals surface area contributed by atoms with Gasteiger partial charge in [-0.3, -0.25) is 0 Å². The predicted octanol–water partition coefficient (Wildman–Crippen LogP) is 4.47. The Morgan fingerprint density at radius 2 is 1.86 bits per heavy atom. The van der Waals surface area contributed by atoms with Crippen LogP contribution in [0.2, 0.25) is 0 Å². The maximum absolute atomic E-state index is 13.6. The second-order valence-corrected chi connectivity index (χ2v) is 4.40. The summed E-state index contributed by atoms with van der Waals surface area (Å²) in [7, 11) is 1.45. The summed E-state index contributed by atoms with van der Waals surface area (Å²) in [4.78, 5) is 0. The van der Waals surface area contributed by atoms with Gasteiger partial charge >= 0.3 is 6.18 Å². The van der Waals surface area contributed by atoms with Crippen molar-refractivity contribution in [2.24, 2.45) is 0 Å². The molecule has 0 aliphatic carbocycles. The summed E-state index contributed by atoms with van der Waals surface area (Å²) in [5.41, 5.74) is -0.147. The minimum Gasteiger partial charge on any atom is -0.497 e. The highest BCUT2D eigenvalue weighted by molar-refractivity contribution is 5.50. The summed E-state index contributed by atoms with van der Waals surface area (Å²) >= 11 is 0. The van der Waals surface area contributed by atoms with E-state index in [1.165, 1.54) is 31.4 Å². The van der Waals surface area contributed by atoms with Crippen molar-refractivity contribution in [1.29, 1.82) is 0 Å². The van der Waals surface area contributed by atoms with Gasteiger partial charge in [0, 0.05) is 12.6 Å². The molecule has 0 saturated carbocycles. The van der Waals surface area contributed by atoms with Gasteiger partial charge in [-0.1, -0.05) is 12.1 Å². The van der Waals surface area contributed by atoms with E-state index in [-0.39, 0.29) is 12.2 Å². The summed E-state index contributed by atoms with van der Waals surface area (Å²) in [6, 6.07) is 9.03. The molecule has 0 atom stereocenters. The predicted molar refractivity (Wildman–Crippen MR) is 71.7 cm³/mol. The van der Waals surface area contributed by atoms with Crippen LogP contribution in [0, 0.1) is 5.82 Å². The number of nitrogens with one attached hydrogen (secondary N) is 1. The zero-order valence-corrected chi connectivity index (χ0v) is 11.2. The third-order valence-corrected chi connectivity index (χ3v) is 2.91. The zero-order chi connectivity index (χ0) is 15.5. The number of alkyl halides is 3. The Hall–Kier alpha value is -2.24. The first-order valence-corrected chi connectivity index (χ1v) is 6.13. The number of rotatable bonds is 4. The molecule has 2 rings (SSSR count). The smallest absolute Gasteiger partial charge is 0.416 e. The number of hydrogen-bond acceptors (Lipinski definition) is 2. The third kappa shape index (κ3) is 3.87. The van der Waals surface area contributed by atoms with Gasteiger partial charge in [-0.25, -0.2) is 4.39 Å². The number of benzene rings is 2. The van der Waals surface area contributed by atoms with Crippen LogP contribution in [0.15, 0.2) is 42.5 Å². The van der Waals surface area contributed by atoms with E-state index in [1.54, 1.807) is 6.07 Å². The summed E-state index contributed by atoms with van der Waals surface area (Å²) in [5, 5.41) is 2.76. The number of anilines is 1. The molecule has 6 heteroatoms. The van der Waals surface area contributed by atoms with Crippen LogP contribution in [0.3, 0.4) is 0 Å². The highest BCUT2D eigenvalue weighted by atomic mass is 19.4. The van der Waals surface area contributed by atoms with Gasteiger partial charge in [-0.15, -0.1) is 0 Å². The maximum Gasteiger partial charge on any atom is 0.416 e. The zero-order valence-electron chi connectivity index (χ0n) is 11.2. The molecule has 0 bridgehead atoms. The lowest BCUT2D eigenvalue weighted by atomic mass is 10.1. The first-order chi connectivity index (χ1) is 9.90. The summed E-state index contributed by atoms with van der Waals surface area (Å²) in [6.45, 7) is 0.0774. The molecule has 0 spiro atoms. The number of methoxy groups -OCH3 is 1. The maximum atomic E-state index is 13.6. The van der Waals surface area contributed by atoms with Crippen molar-refractivity contribution in [3.63, 3.8) is 0 Å². The monoisotopic (exact) mass is 299 g/mol. The average Bonchev–Trinajstić information content (AvgIpc) is 2.46. The number of halogens is 4. The fourth-order valence-electron chi connectivity index (χ4n) is 1.82. The molecule has 0 fully saturated rings. The molecule has 21 heavy (non-hydrogen) atoms. The van der Waals surface area contributed by atoms with Gasteiger partial charge in [0.1, 0.15) is 11.6 Å². The number of ether oxygens (including phenoxy) is 1. The van der Waals surface area contributed by atoms with Crippen LogP contribution in [0.25, 0.3) is 0 Å². The highest BCUT2D eigenvalue weighted by Gasteiger charge is 2.30. The van der Waals surface area contributed by atoms with Crippen molar-refractivity contribution in [2.45, 2.75) is 12.7 Å². The molecule has 1 N–H and O–H groups in total. The fourth-order valence-corrected chi connectivity index (χ4v) is 1.82. The van der Waals surface area contributed by atoms with Gasteiger partial charge in [0.2, 0.25) is 0 Å². The van der Waals surface area contributed by atoms with Crippen LogP contribution < -0.4 is 10.1 Å². The molecule has 0 amide bonds. The normalized spacial score (nSPS) is 11.3. The second kappa shape index (κ2) is 6.03. The molecule has 0 saturated heterocycles. The molecule has 0 aliphatic heterocycles. The molecule has 0 unspecified atom stereocenters. The van der Waals surface area contributed by atoms with Crippen LogP contribution in [-0.4, -0.2) is 7.11 Å². The second-order valence-electron chi connectivity index (χ2n) is 4.40. The Bertz CT molecular complexity index is 625. The van der Waals surface area contributed by atoms with E-state index in [2.05, 4.69) is 5.32 Å². The van der Waals surface area contributed by atoms with Crippen LogP contribution in [0.1, 0.15) is 11.1 Å². The summed E-state index contributed by atoms with van der Waals surface area (Å²) in [6.07, 6.45) is -4.39. The van der Waals surface area contributed by atoms with Crippen LogP contribution in [0.5, 0.6) is 5.75 Å². The minimum absolute atomic E-state index is 0.0774. The van der Waals surface area contributed by atoms with Gasteiger partial charge in [0.05, 0.1) is 18.4 Å². The third-order valence-electron chi connectivity index (χ3n) is 2.91. The van der Waals surface area contributed by atoms with Crippen molar-refractivity contribution in [1.82, 2.24) is 0 Å². The highest BCUT2D eigenvalue weighted by Crippen LogP contribution is 2.30. The van der Waals surface area contributed by atoms with E-state index < -0.39 is 17.6 Å². The Kier molecular flexibility index (Phi) is 4.35. The van der Waals surface area contributed by atoms with Crippen LogP contribution in [-0.2, 0) is 12.7 Å². The van der Waals surface area contributed by atoms with E-state index in [0.29, 0.717) is 11.3 Å². The van der Waals surface area contributed by atoms with Crippen LogP contribution >= 0.6 is 0 Å². The Morgan fingerprint density at radius 3 is 2.52 bits per heavy atom. The fraction of sp³-hybridized carbons (Fsp3) is 0.200. The molecular formula is C15H13F4NO. The Balaban J connectivity index is 2.13. The van der Waals surface area contributed by atoms with Gasteiger partial charge < -0.3 is 10.1 Å². The molecule has 2 aromatic carbocycles. The molecule has 2 aromatic rings. The van der Waals surface area contributed by atoms with Gasteiger partial charge in [-0.05, 0) is 29.8 Å². The molecule has 112 valence electrons. The van der Waals surface area contributed by atoms with E-state index in [0.717, 1.165) is 12.1 Å². The number of hydrogen-bond donors (Lipinski definition) is 1. The molecular weight excluding hydrogens is 286 g/mol. The standard InChI is InChI=1S/C15H13F4NO/c1-21-12-5-6-13(16)14(8-12)20-9-10-3-2-4-11(7-10)15(17,18)19/h2-8,20H,9H2,1H3. The summed E-state index contributed by atoms with van der Waals surface area (Å²) < 4.78 is 56.3. The van der Waals surface area contributed by atoms with Crippen LogP contribution in [0.4, 0.5) is 23.2 Å². The summed E-state index contributed by atoms with van der Waals surface area (Å²) in [5.74, 6) is -0.0364. The van der Waals surface area contributed by atoms with Crippen molar-refractivity contribution in [3.05, 3.63) is 59.4 Å². The van der Waals surface area contributed by atoms with E-state index in [4.69, 9.17) is 4.74 Å². The first-order valence-electron chi connectivity index (χ1n) is 6.13. The Labute approximate surface area is 119 Å². The molecule has 0 radical (unpaired) electrons. The Morgan fingerprint density at radius 1 is 1.10 bits per heavy atom. The van der Waals surface area contributed by atoms with Crippen molar-refractivity contribution < 1.29 is 22.3 Å². The van der Waals surface area contributed by atoms with E-state index >= 15 is 0 Å². The molecule has 0 aliphatic rings. The topological polar surface area (TPSA) is 21.3 Å². The van der Waals surface area contributed by atoms with Gasteiger partial charge in [0.25, 0.3) is 0 Å². The average molecular weight is 299 g/mol. The quantitative estimate of drug-likeness (QED) is 0.841. The van der Waals surface area contributed by atoms with Crippen molar-refractivity contribution in [3.8, 4) is 5.75 Å².